The summed E-state index contributed by atoms with van der Waals surface area (Å²) < 4.78 is 0. The monoisotopic (exact) mass is 710 g/mol. The van der Waals surface area contributed by atoms with Crippen LogP contribution < -0.4 is 0 Å². The third-order valence-corrected chi connectivity index (χ3v) is 10.3. The average Bonchev–Trinajstić information content (AvgIpc) is 3.22. The minimum atomic E-state index is -1.02. The summed E-state index contributed by atoms with van der Waals surface area (Å²) in [5.41, 5.74) is 4.27. The van der Waals surface area contributed by atoms with Gasteiger partial charge in [-0.3, -0.25) is 0 Å². The lowest BCUT2D eigenvalue weighted by Crippen LogP contribution is -1.95. The molecule has 0 aromatic heterocycles. The molecule has 0 unspecified atom stereocenters. The van der Waals surface area contributed by atoms with Crippen LogP contribution >= 0.6 is 0 Å². The van der Waals surface area contributed by atoms with Crippen LogP contribution in [0.25, 0.3) is 87.6 Å². The quantitative estimate of drug-likeness (QED) is 0.0508. The van der Waals surface area contributed by atoms with Gasteiger partial charge in [0.05, 0.1) is 0 Å². The Kier molecular flexibility index (Phi) is 7.19. The first-order valence-electron chi connectivity index (χ1n) is 17.1. The summed E-state index contributed by atoms with van der Waals surface area (Å²) in [6, 6.07) is 41.6. The molecule has 0 radical (unpaired) electrons. The highest BCUT2D eigenvalue weighted by atomic mass is 16.4. The fourth-order valence-corrected chi connectivity index (χ4v) is 7.86. The van der Waals surface area contributed by atoms with Gasteiger partial charge in [-0.05, 0) is 54.9 Å². The second-order valence-electron chi connectivity index (χ2n) is 13.2. The van der Waals surface area contributed by atoms with E-state index >= 15 is 0 Å². The van der Waals surface area contributed by atoms with Gasteiger partial charge >= 0.3 is 0 Å². The average molecular weight is 711 g/mol. The molecule has 0 heterocycles. The molecule has 0 aliphatic rings. The van der Waals surface area contributed by atoms with Crippen molar-refractivity contribution in [3.63, 3.8) is 0 Å². The topological polar surface area (TPSA) is 162 Å². The third kappa shape index (κ3) is 4.57. The van der Waals surface area contributed by atoms with E-state index in [1.54, 1.807) is 24.3 Å². The predicted molar refractivity (Wildman–Crippen MR) is 212 cm³/mol. The zero-order chi connectivity index (χ0) is 37.4. The first kappa shape index (κ1) is 32.3. The molecule has 0 saturated carbocycles. The molecule has 0 bridgehead atoms. The van der Waals surface area contributed by atoms with Crippen LogP contribution in [0.4, 0.5) is 0 Å². The number of phenolic OH excluding ortho intramolecular Hbond substituents is 8. The Hall–Kier alpha value is -7.58. The van der Waals surface area contributed by atoms with E-state index in [4.69, 9.17) is 0 Å². The van der Waals surface area contributed by atoms with Gasteiger partial charge in [0.25, 0.3) is 0 Å². The van der Waals surface area contributed by atoms with E-state index in [0.29, 0.717) is 16.5 Å². The maximum atomic E-state index is 11.7. The second-order valence-corrected chi connectivity index (χ2v) is 13.2. The summed E-state index contributed by atoms with van der Waals surface area (Å²) in [6.07, 6.45) is 0. The molecule has 8 N–H and O–H groups in total. The van der Waals surface area contributed by atoms with Crippen molar-refractivity contribution in [2.45, 2.75) is 0 Å². The summed E-state index contributed by atoms with van der Waals surface area (Å²) in [5.74, 6) is -7.38. The number of phenols is 8. The number of hydrogen-bond donors (Lipinski definition) is 8. The minimum Gasteiger partial charge on any atom is -0.504 e. The molecular formula is C46H30O8. The molecule has 9 aromatic rings. The normalized spacial score (nSPS) is 11.6. The van der Waals surface area contributed by atoms with E-state index in [1.807, 2.05) is 109 Å². The van der Waals surface area contributed by atoms with E-state index in [0.717, 1.165) is 38.4 Å². The van der Waals surface area contributed by atoms with E-state index in [2.05, 4.69) is 0 Å². The van der Waals surface area contributed by atoms with Gasteiger partial charge in [-0.15, -0.1) is 0 Å². The number of aromatic hydroxyl groups is 8. The number of benzene rings is 9. The number of fused-ring (bicyclic) bond motifs is 4. The van der Waals surface area contributed by atoms with Gasteiger partial charge in [0.15, 0.2) is 23.0 Å². The molecule has 9 rings (SSSR count). The van der Waals surface area contributed by atoms with Crippen LogP contribution in [-0.4, -0.2) is 40.9 Å². The predicted octanol–water partition coefficient (Wildman–Crippen LogP) is 10.6. The number of hydrogen-bond acceptors (Lipinski definition) is 8. The molecule has 0 spiro atoms. The summed E-state index contributed by atoms with van der Waals surface area (Å²) >= 11 is 0. The van der Waals surface area contributed by atoms with Gasteiger partial charge in [-0.25, -0.2) is 0 Å². The lowest BCUT2D eigenvalue weighted by Gasteiger charge is -2.23. The Bertz CT molecular complexity index is 2920. The van der Waals surface area contributed by atoms with Gasteiger partial charge in [0, 0.05) is 32.7 Å². The molecule has 0 aliphatic carbocycles. The number of rotatable bonds is 4. The molecule has 54 heavy (non-hydrogen) atoms. The summed E-state index contributed by atoms with van der Waals surface area (Å²) in [5, 5.41) is 93.5. The molecule has 0 atom stereocenters. The first-order chi connectivity index (χ1) is 26.2. The Morgan fingerprint density at radius 2 is 0.630 bits per heavy atom. The fourth-order valence-electron chi connectivity index (χ4n) is 7.86. The van der Waals surface area contributed by atoms with Crippen molar-refractivity contribution in [3.05, 3.63) is 133 Å². The van der Waals surface area contributed by atoms with E-state index in [-0.39, 0.29) is 32.7 Å². The Balaban J connectivity index is 1.44. The standard InChI is InChI=1S/C46H30O8/c47-39-35-33(26-19-17-25(18-20-26)28-16-8-12-24-11-4-5-13-27(24)28)36-38(42(50)46(54)44(52)40(36)48)34(37(35)41(49)45(53)43(39)51)32-22-21-29(23-9-2-1-3-10-23)30-14-6-7-15-31(30)32/h1-22,47-54H. The van der Waals surface area contributed by atoms with Gasteiger partial charge in [0.1, 0.15) is 0 Å². The van der Waals surface area contributed by atoms with Crippen molar-refractivity contribution >= 4 is 43.1 Å². The van der Waals surface area contributed by atoms with Crippen molar-refractivity contribution < 1.29 is 40.9 Å². The van der Waals surface area contributed by atoms with Crippen molar-refractivity contribution in [2.75, 3.05) is 0 Å². The minimum absolute atomic E-state index is 0.00172. The fraction of sp³-hybridized carbons (Fsp3) is 0. The highest BCUT2D eigenvalue weighted by molar-refractivity contribution is 6.30. The lowest BCUT2D eigenvalue weighted by atomic mass is 9.81. The highest BCUT2D eigenvalue weighted by Gasteiger charge is 2.33. The highest BCUT2D eigenvalue weighted by Crippen LogP contribution is 2.62. The van der Waals surface area contributed by atoms with Crippen LogP contribution in [0.1, 0.15) is 0 Å². The molecule has 8 heteroatoms. The Labute approximate surface area is 307 Å². The first-order valence-corrected chi connectivity index (χ1v) is 17.1. The van der Waals surface area contributed by atoms with Gasteiger partial charge in [0.2, 0.25) is 23.0 Å². The van der Waals surface area contributed by atoms with Crippen molar-refractivity contribution in [1.82, 2.24) is 0 Å². The largest absolute Gasteiger partial charge is 0.504 e. The van der Waals surface area contributed by atoms with Crippen molar-refractivity contribution in [1.29, 1.82) is 0 Å². The zero-order valence-electron chi connectivity index (χ0n) is 28.3. The summed E-state index contributed by atoms with van der Waals surface area (Å²) in [7, 11) is 0. The van der Waals surface area contributed by atoms with Gasteiger partial charge < -0.3 is 40.9 Å². The van der Waals surface area contributed by atoms with Crippen LogP contribution in [0.2, 0.25) is 0 Å². The third-order valence-electron chi connectivity index (χ3n) is 10.3. The second kappa shape index (κ2) is 12.0. The summed E-state index contributed by atoms with van der Waals surface area (Å²) in [4.78, 5) is 0. The molecule has 0 aliphatic heterocycles. The summed E-state index contributed by atoms with van der Waals surface area (Å²) in [6.45, 7) is 0. The van der Waals surface area contributed by atoms with Crippen LogP contribution in [0, 0.1) is 0 Å². The molecule has 0 saturated heterocycles. The Morgan fingerprint density at radius 1 is 0.241 bits per heavy atom. The maximum absolute atomic E-state index is 11.7. The molecule has 9 aromatic carbocycles. The van der Waals surface area contributed by atoms with Crippen LogP contribution in [0.3, 0.4) is 0 Å². The maximum Gasteiger partial charge on any atom is 0.204 e. The van der Waals surface area contributed by atoms with Crippen molar-refractivity contribution in [2.24, 2.45) is 0 Å². The van der Waals surface area contributed by atoms with Crippen LogP contribution in [0.15, 0.2) is 133 Å². The van der Waals surface area contributed by atoms with Gasteiger partial charge in [-0.2, -0.15) is 0 Å². The molecule has 8 nitrogen and oxygen atoms in total. The van der Waals surface area contributed by atoms with E-state index < -0.39 is 46.0 Å². The Morgan fingerprint density at radius 3 is 1.20 bits per heavy atom. The van der Waals surface area contributed by atoms with Crippen LogP contribution in [0.5, 0.6) is 46.0 Å². The molecule has 0 fully saturated rings. The molecule has 0 amide bonds. The van der Waals surface area contributed by atoms with E-state index in [9.17, 15) is 40.9 Å². The van der Waals surface area contributed by atoms with Gasteiger partial charge in [-0.1, -0.05) is 133 Å². The SMILES string of the molecule is Oc1c(O)c(O)c2c(-c3ccc(-c4ccccc4)c4ccccc34)c3c(O)c(O)c(O)c(O)c3c(-c3ccc(-c4cccc5ccccc45)cc3)c2c1O. The molecule has 262 valence electrons. The van der Waals surface area contributed by atoms with E-state index in [1.165, 1.54) is 0 Å². The molecular weight excluding hydrogens is 680 g/mol. The smallest absolute Gasteiger partial charge is 0.204 e. The van der Waals surface area contributed by atoms with Crippen molar-refractivity contribution in [3.8, 4) is 90.5 Å². The lowest BCUT2D eigenvalue weighted by molar-refractivity contribution is 0.350. The van der Waals surface area contributed by atoms with Crippen LogP contribution in [-0.2, 0) is 0 Å². The zero-order valence-corrected chi connectivity index (χ0v) is 28.3.